The fourth-order valence-corrected chi connectivity index (χ4v) is 1.59. The Bertz CT molecular complexity index is 708. The number of amides is 1. The first-order chi connectivity index (χ1) is 9.60. The van der Waals surface area contributed by atoms with Gasteiger partial charge >= 0.3 is 0 Å². The van der Waals surface area contributed by atoms with Crippen molar-refractivity contribution < 1.29 is 14.3 Å². The van der Waals surface area contributed by atoms with Crippen LogP contribution in [-0.4, -0.2) is 11.0 Å². The van der Waals surface area contributed by atoms with Crippen LogP contribution in [0.15, 0.2) is 46.4 Å². The van der Waals surface area contributed by atoms with Crippen molar-refractivity contribution in [2.45, 2.75) is 6.92 Å². The molecule has 1 aromatic heterocycles. The van der Waals surface area contributed by atoms with E-state index in [1.807, 2.05) is 0 Å². The van der Waals surface area contributed by atoms with E-state index in [0.717, 1.165) is 0 Å². The summed E-state index contributed by atoms with van der Waals surface area (Å²) in [5, 5.41) is 21.1. The van der Waals surface area contributed by atoms with E-state index in [4.69, 9.17) is 9.68 Å². The van der Waals surface area contributed by atoms with Crippen LogP contribution in [0.4, 0.5) is 5.69 Å². The van der Waals surface area contributed by atoms with Gasteiger partial charge in [-0.25, -0.2) is 0 Å². The number of hydrogen-bond acceptors (Lipinski definition) is 4. The van der Waals surface area contributed by atoms with Crippen LogP contribution in [-0.2, 0) is 4.79 Å². The van der Waals surface area contributed by atoms with Gasteiger partial charge in [-0.15, -0.1) is 0 Å². The number of aromatic hydroxyl groups is 1. The molecule has 2 aromatic rings. The molecule has 5 nitrogen and oxygen atoms in total. The lowest BCUT2D eigenvalue weighted by molar-refractivity contribution is -0.112. The maximum Gasteiger partial charge on any atom is 0.266 e. The van der Waals surface area contributed by atoms with Gasteiger partial charge in [0.25, 0.3) is 5.91 Å². The van der Waals surface area contributed by atoms with Gasteiger partial charge in [0.2, 0.25) is 0 Å². The summed E-state index contributed by atoms with van der Waals surface area (Å²) in [6, 6.07) is 11.5. The highest BCUT2D eigenvalue weighted by Crippen LogP contribution is 2.22. The monoisotopic (exact) mass is 268 g/mol. The Morgan fingerprint density at radius 1 is 1.35 bits per heavy atom. The average molecular weight is 268 g/mol. The highest BCUT2D eigenvalue weighted by atomic mass is 16.3. The average Bonchev–Trinajstić information content (AvgIpc) is 2.84. The van der Waals surface area contributed by atoms with Crippen molar-refractivity contribution in [3.63, 3.8) is 0 Å². The molecule has 1 heterocycles. The normalized spacial score (nSPS) is 10.9. The highest BCUT2D eigenvalue weighted by Gasteiger charge is 2.12. The number of carbonyl (C=O) groups excluding carboxylic acids is 1. The minimum atomic E-state index is -0.608. The summed E-state index contributed by atoms with van der Waals surface area (Å²) >= 11 is 0. The number of rotatable bonds is 3. The first-order valence-corrected chi connectivity index (χ1v) is 5.87. The van der Waals surface area contributed by atoms with E-state index in [0.29, 0.717) is 11.5 Å². The molecule has 2 rings (SSSR count). The zero-order valence-corrected chi connectivity index (χ0v) is 10.8. The molecule has 0 radical (unpaired) electrons. The minimum absolute atomic E-state index is 0.0630. The van der Waals surface area contributed by atoms with Crippen LogP contribution < -0.4 is 5.32 Å². The number of nitrogens with zero attached hydrogens (tertiary/aromatic N) is 1. The van der Waals surface area contributed by atoms with Gasteiger partial charge in [-0.1, -0.05) is 12.1 Å². The molecule has 0 fully saturated rings. The number of nitriles is 1. The van der Waals surface area contributed by atoms with Crippen molar-refractivity contribution in [2.24, 2.45) is 0 Å². The molecule has 0 saturated carbocycles. The molecule has 0 spiro atoms. The van der Waals surface area contributed by atoms with Crippen LogP contribution in [0.3, 0.4) is 0 Å². The summed E-state index contributed by atoms with van der Waals surface area (Å²) in [5.41, 5.74) is 0.136. The van der Waals surface area contributed by atoms with E-state index in [2.05, 4.69) is 5.32 Å². The number of hydrogen-bond donors (Lipinski definition) is 2. The fraction of sp³-hybridized carbons (Fsp3) is 0.0667. The van der Waals surface area contributed by atoms with Gasteiger partial charge in [0.1, 0.15) is 28.9 Å². The van der Waals surface area contributed by atoms with Gasteiger partial charge in [-0.05, 0) is 31.2 Å². The van der Waals surface area contributed by atoms with Gasteiger partial charge in [0.05, 0.1) is 5.69 Å². The molecule has 20 heavy (non-hydrogen) atoms. The highest BCUT2D eigenvalue weighted by molar-refractivity contribution is 6.10. The maximum atomic E-state index is 12.0. The number of anilines is 1. The minimum Gasteiger partial charge on any atom is -0.506 e. The standard InChI is InChI=1S/C15H12N2O3/c1-10-6-7-12(20-10)8-11(9-16)15(19)17-13-4-2-3-5-14(13)18/h2-8,18H,1H3,(H,17,19). The third kappa shape index (κ3) is 3.06. The van der Waals surface area contributed by atoms with Crippen LogP contribution >= 0.6 is 0 Å². The van der Waals surface area contributed by atoms with Gasteiger partial charge < -0.3 is 14.8 Å². The van der Waals surface area contributed by atoms with Crippen molar-refractivity contribution in [2.75, 3.05) is 5.32 Å². The first-order valence-electron chi connectivity index (χ1n) is 5.87. The van der Waals surface area contributed by atoms with Gasteiger partial charge in [-0.2, -0.15) is 5.26 Å². The lowest BCUT2D eigenvalue weighted by atomic mass is 10.2. The molecule has 0 aliphatic carbocycles. The van der Waals surface area contributed by atoms with E-state index >= 15 is 0 Å². The predicted molar refractivity (Wildman–Crippen MR) is 73.8 cm³/mol. The Morgan fingerprint density at radius 3 is 2.70 bits per heavy atom. The van der Waals surface area contributed by atoms with E-state index in [1.54, 1.807) is 43.3 Å². The van der Waals surface area contributed by atoms with E-state index in [9.17, 15) is 9.90 Å². The quantitative estimate of drug-likeness (QED) is 0.509. The molecule has 0 saturated heterocycles. The van der Waals surface area contributed by atoms with Crippen molar-refractivity contribution in [1.82, 2.24) is 0 Å². The molecule has 0 atom stereocenters. The predicted octanol–water partition coefficient (Wildman–Crippen LogP) is 2.84. The molecule has 0 aliphatic heterocycles. The van der Waals surface area contributed by atoms with E-state index in [-0.39, 0.29) is 17.0 Å². The number of furan rings is 1. The first kappa shape index (κ1) is 13.4. The number of para-hydroxylation sites is 2. The lowest BCUT2D eigenvalue weighted by Gasteiger charge is -2.05. The van der Waals surface area contributed by atoms with Crippen molar-refractivity contribution >= 4 is 17.7 Å². The van der Waals surface area contributed by atoms with Crippen LogP contribution in [0.1, 0.15) is 11.5 Å². The second-order valence-corrected chi connectivity index (χ2v) is 4.09. The molecule has 1 aromatic carbocycles. The second-order valence-electron chi connectivity index (χ2n) is 4.09. The Balaban J connectivity index is 2.21. The topological polar surface area (TPSA) is 86.3 Å². The maximum absolute atomic E-state index is 12.0. The summed E-state index contributed by atoms with van der Waals surface area (Å²) in [4.78, 5) is 12.0. The molecule has 2 N–H and O–H groups in total. The second kappa shape index (κ2) is 5.76. The van der Waals surface area contributed by atoms with Gasteiger partial charge in [0, 0.05) is 6.08 Å². The molecular weight excluding hydrogens is 256 g/mol. The fourth-order valence-electron chi connectivity index (χ4n) is 1.59. The van der Waals surface area contributed by atoms with Crippen LogP contribution in [0.5, 0.6) is 5.75 Å². The van der Waals surface area contributed by atoms with Crippen molar-refractivity contribution in [1.29, 1.82) is 5.26 Å². The number of phenolic OH excluding ortho intramolecular Hbond substituents is 1. The summed E-state index contributed by atoms with van der Waals surface area (Å²) in [5.74, 6) is 0.441. The summed E-state index contributed by atoms with van der Waals surface area (Å²) in [7, 11) is 0. The van der Waals surface area contributed by atoms with Crippen molar-refractivity contribution in [3.8, 4) is 11.8 Å². The smallest absolute Gasteiger partial charge is 0.266 e. The number of phenols is 1. The number of carbonyl (C=O) groups is 1. The zero-order valence-electron chi connectivity index (χ0n) is 10.8. The summed E-state index contributed by atoms with van der Waals surface area (Å²) in [6.07, 6.45) is 1.35. The molecule has 100 valence electrons. The molecule has 1 amide bonds. The van der Waals surface area contributed by atoms with Crippen LogP contribution in [0.25, 0.3) is 6.08 Å². The SMILES string of the molecule is Cc1ccc(C=C(C#N)C(=O)Nc2ccccc2O)o1. The molecule has 5 heteroatoms. The summed E-state index contributed by atoms with van der Waals surface area (Å²) < 4.78 is 5.28. The van der Waals surface area contributed by atoms with Gasteiger partial charge in [-0.3, -0.25) is 4.79 Å². The van der Waals surface area contributed by atoms with Crippen LogP contribution in [0, 0.1) is 18.3 Å². The zero-order chi connectivity index (χ0) is 14.5. The number of nitrogens with one attached hydrogen (secondary N) is 1. The largest absolute Gasteiger partial charge is 0.506 e. The van der Waals surface area contributed by atoms with Crippen molar-refractivity contribution in [3.05, 3.63) is 53.5 Å². The Labute approximate surface area is 115 Å². The Hall–Kier alpha value is -3.00. The molecule has 0 bridgehead atoms. The van der Waals surface area contributed by atoms with Gasteiger partial charge in [0.15, 0.2) is 0 Å². The Kier molecular flexibility index (Phi) is 3.87. The number of aryl methyl sites for hydroxylation is 1. The molecule has 0 unspecified atom stereocenters. The Morgan fingerprint density at radius 2 is 2.10 bits per heavy atom. The van der Waals surface area contributed by atoms with E-state index in [1.165, 1.54) is 12.1 Å². The lowest BCUT2D eigenvalue weighted by Crippen LogP contribution is -2.13. The third-order valence-corrected chi connectivity index (χ3v) is 2.57. The molecular formula is C15H12N2O3. The molecule has 0 aliphatic rings. The van der Waals surface area contributed by atoms with E-state index < -0.39 is 5.91 Å². The third-order valence-electron chi connectivity index (χ3n) is 2.57. The number of benzene rings is 1. The van der Waals surface area contributed by atoms with Crippen LogP contribution in [0.2, 0.25) is 0 Å². The summed E-state index contributed by atoms with van der Waals surface area (Å²) in [6.45, 7) is 1.77.